The zero-order valence-corrected chi connectivity index (χ0v) is 20.4. The van der Waals surface area contributed by atoms with Gasteiger partial charge < -0.3 is 9.64 Å². The Morgan fingerprint density at radius 1 is 0.844 bits per heavy atom. The summed E-state index contributed by atoms with van der Waals surface area (Å²) in [6, 6.07) is 7.27. The minimum atomic E-state index is -3.60. The molecule has 2 saturated carbocycles. The molecule has 0 spiro atoms. The van der Waals surface area contributed by atoms with E-state index in [2.05, 4.69) is 4.90 Å². The van der Waals surface area contributed by atoms with Crippen LogP contribution in [0.1, 0.15) is 88.4 Å². The van der Waals surface area contributed by atoms with Gasteiger partial charge in [0.15, 0.2) is 0 Å². The van der Waals surface area contributed by atoms with Gasteiger partial charge in [-0.15, -0.1) is 0 Å². The summed E-state index contributed by atoms with van der Waals surface area (Å²) in [5.74, 6) is 0.0707. The van der Waals surface area contributed by atoms with E-state index in [0.29, 0.717) is 30.7 Å². The lowest BCUT2D eigenvalue weighted by molar-refractivity contribution is -0.0440. The summed E-state index contributed by atoms with van der Waals surface area (Å²) in [4.78, 5) is 16.1. The van der Waals surface area contributed by atoms with E-state index in [1.807, 2.05) is 13.8 Å². The predicted molar refractivity (Wildman–Crippen MR) is 125 cm³/mol. The van der Waals surface area contributed by atoms with Crippen LogP contribution in [0.25, 0.3) is 0 Å². The van der Waals surface area contributed by atoms with Gasteiger partial charge in [0.05, 0.1) is 17.1 Å². The summed E-state index contributed by atoms with van der Waals surface area (Å²) in [5.41, 5.74) is 0.601. The Balaban J connectivity index is 1.54. The maximum atomic E-state index is 13.6. The summed E-state index contributed by atoms with van der Waals surface area (Å²) in [6.45, 7) is 4.49. The zero-order chi connectivity index (χ0) is 22.7. The molecule has 0 radical (unpaired) electrons. The van der Waals surface area contributed by atoms with Crippen LogP contribution in [0.5, 0.6) is 0 Å². The second-order valence-corrected chi connectivity index (χ2v) is 11.8. The van der Waals surface area contributed by atoms with Crippen LogP contribution >= 0.6 is 0 Å². The molecule has 1 aromatic rings. The van der Waals surface area contributed by atoms with Gasteiger partial charge in [0.1, 0.15) is 0 Å². The highest BCUT2D eigenvalue weighted by Gasteiger charge is 2.34. The maximum absolute atomic E-state index is 13.6. The second kappa shape index (κ2) is 10.2. The lowest BCUT2D eigenvalue weighted by Crippen LogP contribution is -2.49. The lowest BCUT2D eigenvalue weighted by atomic mass is 9.88. The molecule has 3 fully saturated rings. The van der Waals surface area contributed by atoms with Gasteiger partial charge in [-0.05, 0) is 63.8 Å². The largest absolute Gasteiger partial charge is 0.373 e. The van der Waals surface area contributed by atoms with Crippen LogP contribution < -0.4 is 0 Å². The molecular weight excluding hydrogens is 424 g/mol. The average Bonchev–Trinajstić information content (AvgIpc) is 2.80. The summed E-state index contributed by atoms with van der Waals surface area (Å²) in [7, 11) is -3.60. The van der Waals surface area contributed by atoms with E-state index in [1.165, 1.54) is 42.8 Å². The molecule has 1 heterocycles. The first-order valence-corrected chi connectivity index (χ1v) is 13.9. The van der Waals surface area contributed by atoms with Crippen molar-refractivity contribution in [3.05, 3.63) is 29.8 Å². The van der Waals surface area contributed by atoms with Crippen LogP contribution in [-0.4, -0.2) is 60.9 Å². The van der Waals surface area contributed by atoms with Gasteiger partial charge in [0, 0.05) is 30.7 Å². The summed E-state index contributed by atoms with van der Waals surface area (Å²) >= 11 is 0. The van der Waals surface area contributed by atoms with E-state index >= 15 is 0 Å². The number of nitrogens with zero attached hydrogens (tertiary/aromatic N) is 2. The molecular formula is C25H38N2O4S. The topological polar surface area (TPSA) is 66.9 Å². The number of benzene rings is 1. The molecule has 178 valence electrons. The highest BCUT2D eigenvalue weighted by atomic mass is 32.2. The Hall–Kier alpha value is -1.44. The third-order valence-electron chi connectivity index (χ3n) is 7.30. The van der Waals surface area contributed by atoms with Crippen molar-refractivity contribution < 1.29 is 17.9 Å². The van der Waals surface area contributed by atoms with Crippen molar-refractivity contribution in [2.45, 2.75) is 107 Å². The third-order valence-corrected chi connectivity index (χ3v) is 9.14. The smallest absolute Gasteiger partial charge is 0.254 e. The molecule has 6 nitrogen and oxygen atoms in total. The van der Waals surface area contributed by atoms with Gasteiger partial charge in [0.25, 0.3) is 5.91 Å². The van der Waals surface area contributed by atoms with Crippen molar-refractivity contribution >= 4 is 15.9 Å². The number of rotatable bonds is 5. The number of carbonyl (C=O) groups excluding carboxylic acids is 1. The molecule has 0 aromatic heterocycles. The van der Waals surface area contributed by atoms with E-state index in [4.69, 9.17) is 4.74 Å². The number of carbonyl (C=O) groups is 1. The molecule has 1 amide bonds. The van der Waals surface area contributed by atoms with Gasteiger partial charge in [-0.3, -0.25) is 4.79 Å². The molecule has 1 saturated heterocycles. The SMILES string of the molecule is C[C@H]1CN(S(=O)(=O)c2ccc(C(=O)N(C3CCCCC3)C3CCCCC3)cc2)C[C@H](C)O1. The van der Waals surface area contributed by atoms with Gasteiger partial charge >= 0.3 is 0 Å². The number of hydrogen-bond acceptors (Lipinski definition) is 4. The normalized spacial score (nSPS) is 26.7. The van der Waals surface area contributed by atoms with Crippen molar-refractivity contribution in [1.29, 1.82) is 0 Å². The first-order valence-electron chi connectivity index (χ1n) is 12.4. The zero-order valence-electron chi connectivity index (χ0n) is 19.5. The van der Waals surface area contributed by atoms with E-state index in [-0.39, 0.29) is 23.0 Å². The Bertz CT molecular complexity index is 846. The molecule has 32 heavy (non-hydrogen) atoms. The van der Waals surface area contributed by atoms with Crippen LogP contribution in [0.15, 0.2) is 29.2 Å². The number of amides is 1. The predicted octanol–water partition coefficient (Wildman–Crippen LogP) is 4.59. The molecule has 1 aliphatic heterocycles. The van der Waals surface area contributed by atoms with Crippen LogP contribution in [0.3, 0.4) is 0 Å². The molecule has 2 aliphatic carbocycles. The van der Waals surface area contributed by atoms with Crippen molar-refractivity contribution in [1.82, 2.24) is 9.21 Å². The summed E-state index contributed by atoms with van der Waals surface area (Å²) < 4.78 is 33.5. The summed E-state index contributed by atoms with van der Waals surface area (Å²) in [5, 5.41) is 0. The standard InChI is InChI=1S/C25H38N2O4S/c1-19-17-26(18-20(2)31-19)32(29,30)24-15-13-21(14-16-24)25(28)27(22-9-5-3-6-10-22)23-11-7-4-8-12-23/h13-16,19-20,22-23H,3-12,17-18H2,1-2H3/t19-,20-/m0/s1. The van der Waals surface area contributed by atoms with Gasteiger partial charge in [-0.1, -0.05) is 38.5 Å². The number of hydrogen-bond donors (Lipinski definition) is 0. The molecule has 7 heteroatoms. The minimum Gasteiger partial charge on any atom is -0.373 e. The average molecular weight is 463 g/mol. The van der Waals surface area contributed by atoms with Crippen LogP contribution in [0.2, 0.25) is 0 Å². The van der Waals surface area contributed by atoms with E-state index in [9.17, 15) is 13.2 Å². The van der Waals surface area contributed by atoms with E-state index < -0.39 is 10.0 Å². The quantitative estimate of drug-likeness (QED) is 0.642. The number of morpholine rings is 1. The fourth-order valence-corrected chi connectivity index (χ4v) is 7.33. The minimum absolute atomic E-state index is 0.0707. The molecule has 1 aromatic carbocycles. The lowest BCUT2D eigenvalue weighted by Gasteiger charge is -2.42. The van der Waals surface area contributed by atoms with Crippen LogP contribution in [-0.2, 0) is 14.8 Å². The fourth-order valence-electron chi connectivity index (χ4n) is 5.74. The molecule has 0 bridgehead atoms. The Morgan fingerprint density at radius 3 is 1.78 bits per heavy atom. The van der Waals surface area contributed by atoms with Crippen LogP contribution in [0, 0.1) is 0 Å². The molecule has 3 aliphatic rings. The van der Waals surface area contributed by atoms with Crippen molar-refractivity contribution in [3.63, 3.8) is 0 Å². The molecule has 2 atom stereocenters. The first-order chi connectivity index (χ1) is 15.4. The first kappa shape index (κ1) is 23.7. The molecule has 0 unspecified atom stereocenters. The van der Waals surface area contributed by atoms with Crippen molar-refractivity contribution in [3.8, 4) is 0 Å². The van der Waals surface area contributed by atoms with E-state index in [1.54, 1.807) is 24.3 Å². The molecule has 4 rings (SSSR count). The summed E-state index contributed by atoms with van der Waals surface area (Å²) in [6.07, 6.45) is 11.4. The Morgan fingerprint density at radius 2 is 1.31 bits per heavy atom. The monoisotopic (exact) mass is 462 g/mol. The van der Waals surface area contributed by atoms with E-state index in [0.717, 1.165) is 25.7 Å². The van der Waals surface area contributed by atoms with Crippen molar-refractivity contribution in [2.75, 3.05) is 13.1 Å². The van der Waals surface area contributed by atoms with Gasteiger partial charge in [-0.2, -0.15) is 4.31 Å². The van der Waals surface area contributed by atoms with Gasteiger partial charge in [-0.25, -0.2) is 8.42 Å². The third kappa shape index (κ3) is 5.20. The van der Waals surface area contributed by atoms with Crippen molar-refractivity contribution in [2.24, 2.45) is 0 Å². The van der Waals surface area contributed by atoms with Crippen LogP contribution in [0.4, 0.5) is 0 Å². The highest BCUT2D eigenvalue weighted by Crippen LogP contribution is 2.32. The molecule has 0 N–H and O–H groups in total. The Kier molecular flexibility index (Phi) is 7.58. The Labute approximate surface area is 193 Å². The number of sulfonamides is 1. The van der Waals surface area contributed by atoms with Gasteiger partial charge in [0.2, 0.25) is 10.0 Å². The fraction of sp³-hybridized carbons (Fsp3) is 0.720. The maximum Gasteiger partial charge on any atom is 0.254 e. The second-order valence-electron chi connectivity index (χ2n) is 9.90. The number of ether oxygens (including phenoxy) is 1. The highest BCUT2D eigenvalue weighted by molar-refractivity contribution is 7.89.